The van der Waals surface area contributed by atoms with Gasteiger partial charge in [-0.1, -0.05) is 35.9 Å². The number of amides is 2. The molecule has 2 aromatic rings. The molecule has 2 N–H and O–H groups in total. The molecule has 1 aliphatic heterocycles. The van der Waals surface area contributed by atoms with Crippen LogP contribution in [0, 0.1) is 0 Å². The van der Waals surface area contributed by atoms with Gasteiger partial charge in [-0.2, -0.15) is 0 Å². The first kappa shape index (κ1) is 18.1. The van der Waals surface area contributed by atoms with Crippen LogP contribution in [-0.4, -0.2) is 32.5 Å². The molecule has 2 amide bonds. The Morgan fingerprint density at radius 2 is 1.88 bits per heavy atom. The monoisotopic (exact) mass is 373 g/mol. The highest BCUT2D eigenvalue weighted by Gasteiger charge is 2.25. The van der Waals surface area contributed by atoms with Gasteiger partial charge < -0.3 is 20.3 Å². The highest BCUT2D eigenvalue weighted by molar-refractivity contribution is 6.40. The molecule has 2 aromatic carbocycles. The van der Waals surface area contributed by atoms with Gasteiger partial charge in [0, 0.05) is 26.1 Å². The maximum Gasteiger partial charge on any atom is 0.313 e. The summed E-state index contributed by atoms with van der Waals surface area (Å²) in [5.41, 5.74) is 2.00. The zero-order valence-electron chi connectivity index (χ0n) is 14.6. The van der Waals surface area contributed by atoms with Gasteiger partial charge in [0.05, 0.1) is 29.0 Å². The zero-order valence-corrected chi connectivity index (χ0v) is 15.3. The molecule has 26 heavy (non-hydrogen) atoms. The maximum absolute atomic E-state index is 12.4. The fourth-order valence-corrected chi connectivity index (χ4v) is 3.31. The molecule has 6 nitrogen and oxygen atoms in total. The van der Waals surface area contributed by atoms with Crippen molar-refractivity contribution in [2.45, 2.75) is 12.5 Å². The second kappa shape index (κ2) is 7.66. The third kappa shape index (κ3) is 3.75. The largest absolute Gasteiger partial charge is 0.493 e. The lowest BCUT2D eigenvalue weighted by molar-refractivity contribution is -0.136. The Kier molecular flexibility index (Phi) is 5.32. The molecular weight excluding hydrogens is 354 g/mol. The Bertz CT molecular complexity index is 839. The van der Waals surface area contributed by atoms with Crippen molar-refractivity contribution in [2.75, 3.05) is 30.9 Å². The lowest BCUT2D eigenvalue weighted by Crippen LogP contribution is -2.39. The van der Waals surface area contributed by atoms with Crippen LogP contribution < -0.4 is 20.3 Å². The van der Waals surface area contributed by atoms with Gasteiger partial charge in [-0.05, 0) is 18.2 Å². The van der Waals surface area contributed by atoms with E-state index in [0.717, 1.165) is 11.3 Å². The number of rotatable bonds is 3. The second-order valence-corrected chi connectivity index (χ2v) is 6.59. The highest BCUT2D eigenvalue weighted by Crippen LogP contribution is 2.33. The Hall–Kier alpha value is -2.73. The fraction of sp³-hybridized carbons (Fsp3) is 0.263. The van der Waals surface area contributed by atoms with Crippen LogP contribution in [0.25, 0.3) is 0 Å². The van der Waals surface area contributed by atoms with E-state index in [4.69, 9.17) is 16.3 Å². The van der Waals surface area contributed by atoms with Gasteiger partial charge in [0.2, 0.25) is 0 Å². The summed E-state index contributed by atoms with van der Waals surface area (Å²) < 4.78 is 5.57. The molecule has 0 unspecified atom stereocenters. The summed E-state index contributed by atoms with van der Waals surface area (Å²) in [4.78, 5) is 26.5. The standard InChI is InChI=1S/C19H20ClN3O3/c1-23(2)17-13(20)7-5-8-15(17)22-19(25)18(24)21-14-10-11-26-16-9-4-3-6-12(14)16/h3-9,14H,10-11H2,1-2H3,(H,21,24)(H,22,25)/t14-/m0/s1. The van der Waals surface area contributed by atoms with Gasteiger partial charge in [0.1, 0.15) is 5.75 Å². The smallest absolute Gasteiger partial charge is 0.313 e. The molecule has 0 saturated carbocycles. The number of halogens is 1. The Morgan fingerprint density at radius 3 is 2.65 bits per heavy atom. The number of hydrogen-bond acceptors (Lipinski definition) is 4. The van der Waals surface area contributed by atoms with Crippen LogP contribution in [0.2, 0.25) is 5.02 Å². The molecule has 0 fully saturated rings. The number of nitrogens with one attached hydrogen (secondary N) is 2. The third-order valence-electron chi connectivity index (χ3n) is 4.15. The van der Waals surface area contributed by atoms with Crippen molar-refractivity contribution in [3.63, 3.8) is 0 Å². The average Bonchev–Trinajstić information content (AvgIpc) is 2.61. The van der Waals surface area contributed by atoms with E-state index in [-0.39, 0.29) is 6.04 Å². The minimum absolute atomic E-state index is 0.258. The summed E-state index contributed by atoms with van der Waals surface area (Å²) in [6, 6.07) is 12.4. The van der Waals surface area contributed by atoms with Crippen LogP contribution >= 0.6 is 11.6 Å². The molecule has 0 aromatic heterocycles. The second-order valence-electron chi connectivity index (χ2n) is 6.19. The summed E-state index contributed by atoms with van der Waals surface area (Å²) in [7, 11) is 3.63. The summed E-state index contributed by atoms with van der Waals surface area (Å²) in [5, 5.41) is 5.91. The lowest BCUT2D eigenvalue weighted by atomic mass is 10.0. The Morgan fingerprint density at radius 1 is 1.12 bits per heavy atom. The van der Waals surface area contributed by atoms with Crippen molar-refractivity contribution in [3.8, 4) is 5.75 Å². The number of carbonyl (C=O) groups excluding carboxylic acids is 2. The lowest BCUT2D eigenvalue weighted by Gasteiger charge is -2.26. The summed E-state index contributed by atoms with van der Waals surface area (Å²) in [5.74, 6) is -0.704. The third-order valence-corrected chi connectivity index (χ3v) is 4.46. The quantitative estimate of drug-likeness (QED) is 0.811. The van der Waals surface area contributed by atoms with Gasteiger partial charge in [0.25, 0.3) is 0 Å². The molecule has 0 spiro atoms. The molecular formula is C19H20ClN3O3. The maximum atomic E-state index is 12.4. The number of nitrogens with zero attached hydrogens (tertiary/aromatic N) is 1. The van der Waals surface area contributed by atoms with E-state index in [2.05, 4.69) is 10.6 Å². The van der Waals surface area contributed by atoms with Crippen LogP contribution in [-0.2, 0) is 9.59 Å². The zero-order chi connectivity index (χ0) is 18.7. The Balaban J connectivity index is 1.72. The van der Waals surface area contributed by atoms with Crippen molar-refractivity contribution < 1.29 is 14.3 Å². The average molecular weight is 374 g/mol. The van der Waals surface area contributed by atoms with Gasteiger partial charge in [-0.25, -0.2) is 0 Å². The predicted octanol–water partition coefficient (Wildman–Crippen LogP) is 2.98. The van der Waals surface area contributed by atoms with Crippen LogP contribution in [0.15, 0.2) is 42.5 Å². The number of ether oxygens (including phenoxy) is 1. The fourth-order valence-electron chi connectivity index (χ4n) is 2.97. The minimum atomic E-state index is -0.737. The van der Waals surface area contributed by atoms with Crippen molar-refractivity contribution >= 4 is 34.8 Å². The van der Waals surface area contributed by atoms with Crippen LogP contribution in [0.5, 0.6) is 5.75 Å². The molecule has 0 radical (unpaired) electrons. The molecule has 1 aliphatic rings. The number of anilines is 2. The summed E-state index contributed by atoms with van der Waals surface area (Å²) >= 11 is 6.19. The number of benzene rings is 2. The van der Waals surface area contributed by atoms with E-state index >= 15 is 0 Å². The molecule has 0 saturated heterocycles. The van der Waals surface area contributed by atoms with Crippen molar-refractivity contribution in [1.29, 1.82) is 0 Å². The number of para-hydroxylation sites is 2. The molecule has 3 rings (SSSR count). The van der Waals surface area contributed by atoms with Gasteiger partial charge in [0.15, 0.2) is 0 Å². The molecule has 136 valence electrons. The van der Waals surface area contributed by atoms with E-state index in [1.165, 1.54) is 0 Å². The number of fused-ring (bicyclic) bond motifs is 1. The van der Waals surface area contributed by atoms with E-state index < -0.39 is 11.8 Å². The molecule has 1 heterocycles. The first-order valence-electron chi connectivity index (χ1n) is 8.27. The number of carbonyl (C=O) groups is 2. The summed E-state index contributed by atoms with van der Waals surface area (Å²) in [6.07, 6.45) is 0.607. The van der Waals surface area contributed by atoms with E-state index in [9.17, 15) is 9.59 Å². The van der Waals surface area contributed by atoms with Crippen molar-refractivity contribution in [3.05, 3.63) is 53.1 Å². The SMILES string of the molecule is CN(C)c1c(Cl)cccc1NC(=O)C(=O)N[C@H]1CCOc2ccccc21. The first-order valence-corrected chi connectivity index (χ1v) is 8.64. The van der Waals surface area contributed by atoms with Crippen molar-refractivity contribution in [1.82, 2.24) is 5.32 Å². The Labute approximate surface area is 157 Å². The highest BCUT2D eigenvalue weighted by atomic mass is 35.5. The van der Waals surface area contributed by atoms with Crippen LogP contribution in [0.3, 0.4) is 0 Å². The summed E-state index contributed by atoms with van der Waals surface area (Å²) in [6.45, 7) is 0.489. The predicted molar refractivity (Wildman–Crippen MR) is 102 cm³/mol. The van der Waals surface area contributed by atoms with Crippen LogP contribution in [0.1, 0.15) is 18.0 Å². The molecule has 7 heteroatoms. The van der Waals surface area contributed by atoms with Gasteiger partial charge in [-0.3, -0.25) is 9.59 Å². The van der Waals surface area contributed by atoms with Crippen LogP contribution in [0.4, 0.5) is 11.4 Å². The van der Waals surface area contributed by atoms with Gasteiger partial charge >= 0.3 is 11.8 Å². The first-order chi connectivity index (χ1) is 12.5. The molecule has 0 bridgehead atoms. The van der Waals surface area contributed by atoms with Crippen molar-refractivity contribution in [2.24, 2.45) is 0 Å². The van der Waals surface area contributed by atoms with Gasteiger partial charge in [-0.15, -0.1) is 0 Å². The van der Waals surface area contributed by atoms with E-state index in [1.807, 2.05) is 38.4 Å². The number of hydrogen-bond donors (Lipinski definition) is 2. The molecule has 0 aliphatic carbocycles. The topological polar surface area (TPSA) is 70.7 Å². The normalized spacial score (nSPS) is 15.4. The molecule has 1 atom stereocenters. The van der Waals surface area contributed by atoms with E-state index in [0.29, 0.717) is 29.4 Å². The minimum Gasteiger partial charge on any atom is -0.493 e. The van der Waals surface area contributed by atoms with E-state index in [1.54, 1.807) is 23.1 Å².